The smallest absolute Gasteiger partial charge is 0.475 e. The van der Waals surface area contributed by atoms with Crippen molar-refractivity contribution in [1.82, 2.24) is 20.4 Å². The Hall–Kier alpha value is -3.73. The van der Waals surface area contributed by atoms with Crippen molar-refractivity contribution in [2.24, 2.45) is 0 Å². The first-order valence-electron chi connectivity index (χ1n) is 9.95. The van der Waals surface area contributed by atoms with Crippen LogP contribution in [-0.2, 0) is 4.79 Å². The minimum atomic E-state index is -5.08. The van der Waals surface area contributed by atoms with Crippen molar-refractivity contribution in [2.45, 2.75) is 19.1 Å². The van der Waals surface area contributed by atoms with Gasteiger partial charge in [0.1, 0.15) is 0 Å². The zero-order chi connectivity index (χ0) is 24.2. The number of aromatic amines is 1. The van der Waals surface area contributed by atoms with Crippen LogP contribution in [0.4, 0.5) is 13.2 Å². The summed E-state index contributed by atoms with van der Waals surface area (Å²) in [5.74, 6) is -3.08. The third-order valence-corrected chi connectivity index (χ3v) is 5.15. The number of rotatable bonds is 2. The molecular weight excluding hydrogens is 441 g/mol. The average molecular weight is 462 g/mol. The number of hydrogen-bond donors (Lipinski definition) is 3. The number of aryl methyl sites for hydroxylation is 1. The molecule has 1 aliphatic heterocycles. The minimum absolute atomic E-state index is 0.0471. The van der Waals surface area contributed by atoms with E-state index in [1.54, 1.807) is 23.1 Å². The van der Waals surface area contributed by atoms with Crippen molar-refractivity contribution in [2.75, 3.05) is 19.6 Å². The standard InChI is InChI=1S/C20H20N4O2.C2HF3O2/c1-13-6-2-3-7-14(13)17-12-24(11-10-21-17)20(26)18-19(25)15-8-4-5-9-16(15)22-23-18;3-2(4,5)1(6)7/h2-9,17,21H,10-12H2,1H3,(H,22,25);(H,6,7). The molecule has 0 spiro atoms. The number of H-pyrrole nitrogens is 1. The number of aliphatic carboxylic acids is 1. The number of aromatic nitrogens is 2. The molecule has 0 radical (unpaired) electrons. The SMILES string of the molecule is Cc1ccccc1C1CN(C(=O)c2n[nH]c3ccccc3c2=O)CCN1.O=C(O)C(F)(F)F. The highest BCUT2D eigenvalue weighted by molar-refractivity contribution is 5.95. The zero-order valence-corrected chi connectivity index (χ0v) is 17.5. The number of carbonyl (C=O) groups is 2. The Morgan fingerprint density at radius 2 is 1.76 bits per heavy atom. The molecule has 1 atom stereocenters. The highest BCUT2D eigenvalue weighted by Crippen LogP contribution is 2.21. The fourth-order valence-corrected chi connectivity index (χ4v) is 3.49. The van der Waals surface area contributed by atoms with E-state index < -0.39 is 12.1 Å². The number of halogens is 3. The summed E-state index contributed by atoms with van der Waals surface area (Å²) in [6.07, 6.45) is -5.08. The van der Waals surface area contributed by atoms with Gasteiger partial charge in [0.15, 0.2) is 5.69 Å². The van der Waals surface area contributed by atoms with Crippen LogP contribution in [0, 0.1) is 6.92 Å². The summed E-state index contributed by atoms with van der Waals surface area (Å²) in [6, 6.07) is 15.3. The first kappa shape index (κ1) is 23.9. The molecule has 0 saturated carbocycles. The van der Waals surface area contributed by atoms with Gasteiger partial charge in [0.05, 0.1) is 11.6 Å². The molecule has 2 heterocycles. The summed E-state index contributed by atoms with van der Waals surface area (Å²) < 4.78 is 31.7. The summed E-state index contributed by atoms with van der Waals surface area (Å²) in [6.45, 7) is 3.80. The monoisotopic (exact) mass is 462 g/mol. The van der Waals surface area contributed by atoms with Gasteiger partial charge >= 0.3 is 12.1 Å². The Bertz CT molecular complexity index is 1230. The van der Waals surface area contributed by atoms with Gasteiger partial charge < -0.3 is 15.3 Å². The lowest BCUT2D eigenvalue weighted by Gasteiger charge is -2.34. The molecular formula is C22H21F3N4O4. The number of fused-ring (bicyclic) bond motifs is 1. The van der Waals surface area contributed by atoms with Crippen LogP contribution >= 0.6 is 0 Å². The molecule has 1 aliphatic rings. The summed E-state index contributed by atoms with van der Waals surface area (Å²) in [5, 5.41) is 17.9. The van der Waals surface area contributed by atoms with Crippen LogP contribution in [0.1, 0.15) is 27.7 Å². The Balaban J connectivity index is 0.000000383. The maximum Gasteiger partial charge on any atom is 0.490 e. The summed E-state index contributed by atoms with van der Waals surface area (Å²) in [4.78, 5) is 36.2. The first-order valence-corrected chi connectivity index (χ1v) is 9.95. The third kappa shape index (κ3) is 5.55. The number of nitrogens with one attached hydrogen (secondary N) is 2. The number of carboxylic acids is 1. The third-order valence-electron chi connectivity index (χ3n) is 5.15. The molecule has 4 rings (SSSR count). The van der Waals surface area contributed by atoms with E-state index in [0.29, 0.717) is 30.5 Å². The fraction of sp³-hybridized carbons (Fsp3) is 0.273. The van der Waals surface area contributed by atoms with Crippen LogP contribution in [0.25, 0.3) is 10.9 Å². The molecule has 3 aromatic rings. The summed E-state index contributed by atoms with van der Waals surface area (Å²) in [5.41, 5.74) is 2.61. The molecule has 1 fully saturated rings. The molecule has 1 amide bonds. The molecule has 33 heavy (non-hydrogen) atoms. The number of alkyl halides is 3. The fourth-order valence-electron chi connectivity index (χ4n) is 3.49. The van der Waals surface area contributed by atoms with E-state index >= 15 is 0 Å². The number of carbonyl (C=O) groups excluding carboxylic acids is 1. The van der Waals surface area contributed by atoms with Gasteiger partial charge in [0.2, 0.25) is 5.43 Å². The summed E-state index contributed by atoms with van der Waals surface area (Å²) >= 11 is 0. The molecule has 3 N–H and O–H groups in total. The number of amides is 1. The average Bonchev–Trinajstić information content (AvgIpc) is 2.79. The predicted molar refractivity (Wildman–Crippen MR) is 114 cm³/mol. The van der Waals surface area contributed by atoms with Crippen LogP contribution in [0.5, 0.6) is 0 Å². The van der Waals surface area contributed by atoms with Gasteiger partial charge in [-0.2, -0.15) is 18.3 Å². The van der Waals surface area contributed by atoms with Crippen molar-refractivity contribution in [3.8, 4) is 0 Å². The van der Waals surface area contributed by atoms with Gasteiger partial charge in [0.25, 0.3) is 5.91 Å². The molecule has 174 valence electrons. The van der Waals surface area contributed by atoms with Crippen molar-refractivity contribution >= 4 is 22.8 Å². The lowest BCUT2D eigenvalue weighted by atomic mass is 9.99. The minimum Gasteiger partial charge on any atom is -0.475 e. The van der Waals surface area contributed by atoms with E-state index in [0.717, 1.165) is 0 Å². The number of piperazine rings is 1. The quantitative estimate of drug-likeness (QED) is 0.540. The highest BCUT2D eigenvalue weighted by atomic mass is 19.4. The lowest BCUT2D eigenvalue weighted by Crippen LogP contribution is -2.49. The molecule has 1 saturated heterocycles. The van der Waals surface area contributed by atoms with Crippen molar-refractivity contribution in [1.29, 1.82) is 0 Å². The van der Waals surface area contributed by atoms with E-state index in [1.165, 1.54) is 11.1 Å². The van der Waals surface area contributed by atoms with Crippen LogP contribution in [0.2, 0.25) is 0 Å². The number of benzene rings is 2. The largest absolute Gasteiger partial charge is 0.490 e. The number of para-hydroxylation sites is 1. The topological polar surface area (TPSA) is 115 Å². The maximum absolute atomic E-state index is 12.9. The number of hydrogen-bond acceptors (Lipinski definition) is 5. The number of carboxylic acid groups (broad SMARTS) is 1. The van der Waals surface area contributed by atoms with Gasteiger partial charge in [0, 0.05) is 25.0 Å². The highest BCUT2D eigenvalue weighted by Gasteiger charge is 2.38. The summed E-state index contributed by atoms with van der Waals surface area (Å²) in [7, 11) is 0. The molecule has 0 bridgehead atoms. The Labute approximate surface area is 186 Å². The van der Waals surface area contributed by atoms with Crippen molar-refractivity contribution in [3.05, 3.63) is 75.6 Å². The molecule has 8 nitrogen and oxygen atoms in total. The molecule has 1 unspecified atom stereocenters. The Morgan fingerprint density at radius 3 is 2.42 bits per heavy atom. The van der Waals surface area contributed by atoms with Crippen LogP contribution in [-0.4, -0.2) is 57.9 Å². The normalized spacial score (nSPS) is 16.1. The Kier molecular flexibility index (Phi) is 7.12. The second kappa shape index (κ2) is 9.82. The van der Waals surface area contributed by atoms with Crippen molar-refractivity contribution in [3.63, 3.8) is 0 Å². The number of nitrogens with zero attached hydrogens (tertiary/aromatic N) is 2. The van der Waals surface area contributed by atoms with Crippen LogP contribution < -0.4 is 10.7 Å². The van der Waals surface area contributed by atoms with Crippen molar-refractivity contribution < 1.29 is 27.9 Å². The molecule has 2 aromatic carbocycles. The van der Waals surface area contributed by atoms with Gasteiger partial charge in [-0.15, -0.1) is 0 Å². The predicted octanol–water partition coefficient (Wildman–Crippen LogP) is 2.65. The molecule has 11 heteroatoms. The van der Waals surface area contributed by atoms with E-state index in [4.69, 9.17) is 9.90 Å². The van der Waals surface area contributed by atoms with E-state index in [1.807, 2.05) is 18.2 Å². The first-order chi connectivity index (χ1) is 15.6. The van der Waals surface area contributed by atoms with Gasteiger partial charge in [-0.1, -0.05) is 36.4 Å². The van der Waals surface area contributed by atoms with E-state index in [-0.39, 0.29) is 23.1 Å². The van der Waals surface area contributed by atoms with E-state index in [2.05, 4.69) is 34.6 Å². The maximum atomic E-state index is 12.9. The molecule has 1 aromatic heterocycles. The van der Waals surface area contributed by atoms with Gasteiger partial charge in [-0.25, -0.2) is 4.79 Å². The Morgan fingerprint density at radius 1 is 1.12 bits per heavy atom. The van der Waals surface area contributed by atoms with Crippen LogP contribution in [0.3, 0.4) is 0 Å². The van der Waals surface area contributed by atoms with Crippen LogP contribution in [0.15, 0.2) is 53.3 Å². The van der Waals surface area contributed by atoms with E-state index in [9.17, 15) is 22.8 Å². The second-order valence-corrected chi connectivity index (χ2v) is 7.36. The second-order valence-electron chi connectivity index (χ2n) is 7.36. The zero-order valence-electron chi connectivity index (χ0n) is 17.5. The van der Waals surface area contributed by atoms with Gasteiger partial charge in [-0.3, -0.25) is 14.7 Å². The van der Waals surface area contributed by atoms with Gasteiger partial charge in [-0.05, 0) is 30.2 Å². The molecule has 0 aliphatic carbocycles. The lowest BCUT2D eigenvalue weighted by molar-refractivity contribution is -0.192.